The average Bonchev–Trinajstić information content (AvgIpc) is 3.25. The van der Waals surface area contributed by atoms with Crippen LogP contribution in [-0.2, 0) is 0 Å². The Morgan fingerprint density at radius 2 is 0.944 bits per heavy atom. The zero-order valence-electron chi connectivity index (χ0n) is 29.0. The third-order valence-electron chi connectivity index (χ3n) is 10.5. The van der Waals surface area contributed by atoms with Gasteiger partial charge in [-0.05, 0) is 59.2 Å². The van der Waals surface area contributed by atoms with E-state index in [1.54, 1.807) is 0 Å². The molecule has 0 saturated carbocycles. The Morgan fingerprint density at radius 1 is 0.315 bits per heavy atom. The normalized spacial score (nSPS) is 11.7. The van der Waals surface area contributed by atoms with Gasteiger partial charge in [0.25, 0.3) is 0 Å². The SMILES string of the molecule is c1ccc(-c2ccc3ccc4c(-c5ccc6nc(-c7ccc8ccc9c(-c%10ccccc%10)c%10ccccc%10nc9c8n7)ccc6c5)ccnc4c3n2)cc1. The highest BCUT2D eigenvalue weighted by atomic mass is 14.8. The lowest BCUT2D eigenvalue weighted by Crippen LogP contribution is -1.94. The van der Waals surface area contributed by atoms with Crippen LogP contribution in [0.15, 0.2) is 176 Å². The van der Waals surface area contributed by atoms with E-state index in [0.29, 0.717) is 0 Å². The Kier molecular flexibility index (Phi) is 6.79. The van der Waals surface area contributed by atoms with Crippen molar-refractivity contribution in [3.8, 4) is 44.9 Å². The van der Waals surface area contributed by atoms with Crippen molar-refractivity contribution in [3.63, 3.8) is 0 Å². The van der Waals surface area contributed by atoms with Gasteiger partial charge in [0.2, 0.25) is 0 Å². The predicted octanol–water partition coefficient (Wildman–Crippen LogP) is 12.2. The first kappa shape index (κ1) is 30.3. The molecule has 0 unspecified atom stereocenters. The highest BCUT2D eigenvalue weighted by Gasteiger charge is 2.16. The first-order valence-corrected chi connectivity index (χ1v) is 18.1. The third-order valence-corrected chi connectivity index (χ3v) is 10.5. The lowest BCUT2D eigenvalue weighted by atomic mass is 9.95. The van der Waals surface area contributed by atoms with E-state index in [4.69, 9.17) is 24.9 Å². The summed E-state index contributed by atoms with van der Waals surface area (Å²) in [6.07, 6.45) is 1.88. The second-order valence-electron chi connectivity index (χ2n) is 13.7. The lowest BCUT2D eigenvalue weighted by molar-refractivity contribution is 1.32. The Bertz CT molecular complexity index is 3270. The zero-order valence-corrected chi connectivity index (χ0v) is 29.0. The van der Waals surface area contributed by atoms with Crippen molar-refractivity contribution in [2.75, 3.05) is 0 Å². The van der Waals surface area contributed by atoms with Gasteiger partial charge >= 0.3 is 0 Å². The molecule has 0 aliphatic carbocycles. The fourth-order valence-electron chi connectivity index (χ4n) is 7.85. The summed E-state index contributed by atoms with van der Waals surface area (Å²) in [6.45, 7) is 0. The van der Waals surface area contributed by atoms with Crippen molar-refractivity contribution < 1.29 is 0 Å². The minimum absolute atomic E-state index is 0.812. The summed E-state index contributed by atoms with van der Waals surface area (Å²) in [5, 5.41) is 6.44. The first-order valence-electron chi connectivity index (χ1n) is 18.1. The number of benzene rings is 6. The van der Waals surface area contributed by atoms with Crippen LogP contribution in [0.3, 0.4) is 0 Å². The summed E-state index contributed by atoms with van der Waals surface area (Å²) in [5.41, 5.74) is 13.6. The van der Waals surface area contributed by atoms with E-state index in [9.17, 15) is 0 Å². The summed E-state index contributed by atoms with van der Waals surface area (Å²) in [6, 6.07) is 59.0. The van der Waals surface area contributed by atoms with Crippen LogP contribution in [-0.4, -0.2) is 24.9 Å². The first-order chi connectivity index (χ1) is 26.7. The van der Waals surface area contributed by atoms with Crippen LogP contribution in [0.4, 0.5) is 0 Å². The predicted molar refractivity (Wildman–Crippen MR) is 222 cm³/mol. The summed E-state index contributed by atoms with van der Waals surface area (Å²) in [4.78, 5) is 25.4. The third kappa shape index (κ3) is 4.90. The molecule has 11 rings (SSSR count). The second-order valence-corrected chi connectivity index (χ2v) is 13.7. The van der Waals surface area contributed by atoms with Crippen LogP contribution < -0.4 is 0 Å². The smallest absolute Gasteiger partial charge is 0.0978 e. The van der Waals surface area contributed by atoms with E-state index in [-0.39, 0.29) is 0 Å². The van der Waals surface area contributed by atoms with Crippen molar-refractivity contribution in [1.29, 1.82) is 0 Å². The number of hydrogen-bond acceptors (Lipinski definition) is 5. The van der Waals surface area contributed by atoms with Gasteiger partial charge in [0.1, 0.15) is 0 Å². The molecule has 11 aromatic rings. The van der Waals surface area contributed by atoms with E-state index >= 15 is 0 Å². The number of nitrogens with zero attached hydrogens (tertiary/aromatic N) is 5. The summed E-state index contributed by atoms with van der Waals surface area (Å²) >= 11 is 0. The molecule has 0 amide bonds. The summed E-state index contributed by atoms with van der Waals surface area (Å²) in [5.74, 6) is 0. The maximum Gasteiger partial charge on any atom is 0.0978 e. The van der Waals surface area contributed by atoms with Crippen molar-refractivity contribution >= 4 is 65.4 Å². The maximum absolute atomic E-state index is 5.23. The molecule has 6 aromatic carbocycles. The maximum atomic E-state index is 5.23. The van der Waals surface area contributed by atoms with Gasteiger partial charge in [-0.25, -0.2) is 19.9 Å². The molecule has 0 radical (unpaired) electrons. The number of fused-ring (bicyclic) bond motifs is 8. The van der Waals surface area contributed by atoms with Crippen LogP contribution in [0.5, 0.6) is 0 Å². The van der Waals surface area contributed by atoms with E-state index in [1.165, 1.54) is 5.56 Å². The van der Waals surface area contributed by atoms with Gasteiger partial charge in [-0.3, -0.25) is 4.98 Å². The number of hydrogen-bond donors (Lipinski definition) is 0. The molecular formula is C49H29N5. The van der Waals surface area contributed by atoms with Crippen molar-refractivity contribution in [3.05, 3.63) is 176 Å². The molecule has 0 saturated heterocycles. The number of rotatable bonds is 4. The molecule has 0 atom stereocenters. The van der Waals surface area contributed by atoms with Crippen LogP contribution in [0, 0.1) is 0 Å². The molecule has 0 fully saturated rings. The highest BCUT2D eigenvalue weighted by molar-refractivity contribution is 6.16. The van der Waals surface area contributed by atoms with Crippen molar-refractivity contribution in [1.82, 2.24) is 24.9 Å². The second kappa shape index (κ2) is 12.1. The lowest BCUT2D eigenvalue weighted by Gasteiger charge is -2.13. The fraction of sp³-hybridized carbons (Fsp3) is 0. The van der Waals surface area contributed by atoms with Gasteiger partial charge in [-0.15, -0.1) is 0 Å². The molecule has 5 aromatic heterocycles. The van der Waals surface area contributed by atoms with Crippen molar-refractivity contribution in [2.45, 2.75) is 0 Å². The van der Waals surface area contributed by atoms with Gasteiger partial charge in [0, 0.05) is 49.6 Å². The van der Waals surface area contributed by atoms with Gasteiger partial charge in [0.15, 0.2) is 0 Å². The average molecular weight is 688 g/mol. The van der Waals surface area contributed by atoms with E-state index in [1.807, 2.05) is 30.5 Å². The Morgan fingerprint density at radius 3 is 1.76 bits per heavy atom. The number of pyridine rings is 5. The van der Waals surface area contributed by atoms with E-state index < -0.39 is 0 Å². The van der Waals surface area contributed by atoms with E-state index in [2.05, 4.69) is 146 Å². The molecule has 0 N–H and O–H groups in total. The summed E-state index contributed by atoms with van der Waals surface area (Å²) < 4.78 is 0. The van der Waals surface area contributed by atoms with Crippen LogP contribution in [0.25, 0.3) is 110 Å². The molecule has 0 bridgehead atoms. The molecule has 54 heavy (non-hydrogen) atoms. The van der Waals surface area contributed by atoms with Gasteiger partial charge in [0.05, 0.1) is 50.2 Å². The van der Waals surface area contributed by atoms with Crippen LogP contribution in [0.1, 0.15) is 0 Å². The molecule has 5 nitrogen and oxygen atoms in total. The largest absolute Gasteiger partial charge is 0.254 e. The molecule has 0 aliphatic rings. The number of para-hydroxylation sites is 1. The number of aromatic nitrogens is 5. The molecule has 250 valence electrons. The fourth-order valence-corrected chi connectivity index (χ4v) is 7.85. The molecule has 0 aliphatic heterocycles. The van der Waals surface area contributed by atoms with E-state index in [0.717, 1.165) is 105 Å². The topological polar surface area (TPSA) is 64.5 Å². The summed E-state index contributed by atoms with van der Waals surface area (Å²) in [7, 11) is 0. The standard InChI is InChI=1S/C49H29N5/c1-3-9-30(10-4-1)40-23-17-32-15-21-37-36(27-28-50-48(37)46(32)52-40)34-19-24-41-35(29-34)20-26-43(51-41)44-25-18-33-16-22-39-45(31-11-5-2-6-12-31)38-13-7-8-14-42(38)53-49(39)47(33)54-44/h1-29H. The van der Waals surface area contributed by atoms with Gasteiger partial charge < -0.3 is 0 Å². The minimum atomic E-state index is 0.812. The molecule has 5 heterocycles. The molecule has 0 spiro atoms. The molecular weight excluding hydrogens is 659 g/mol. The highest BCUT2D eigenvalue weighted by Crippen LogP contribution is 2.38. The minimum Gasteiger partial charge on any atom is -0.254 e. The molecule has 5 heteroatoms. The zero-order chi connectivity index (χ0) is 35.6. The Hall–Kier alpha value is -7.37. The van der Waals surface area contributed by atoms with Crippen LogP contribution >= 0.6 is 0 Å². The monoisotopic (exact) mass is 687 g/mol. The van der Waals surface area contributed by atoms with Crippen LogP contribution in [0.2, 0.25) is 0 Å². The van der Waals surface area contributed by atoms with Gasteiger partial charge in [-0.2, -0.15) is 0 Å². The van der Waals surface area contributed by atoms with Crippen molar-refractivity contribution in [2.24, 2.45) is 0 Å². The van der Waals surface area contributed by atoms with Gasteiger partial charge in [-0.1, -0.05) is 127 Å². The Balaban J connectivity index is 1.01. The Labute approximate surface area is 310 Å². The quantitative estimate of drug-likeness (QED) is 0.136.